The first-order chi connectivity index (χ1) is 14.1. The molecule has 0 aliphatic carbocycles. The third-order valence-corrected chi connectivity index (χ3v) is 4.11. The van der Waals surface area contributed by atoms with E-state index < -0.39 is 5.97 Å². The summed E-state index contributed by atoms with van der Waals surface area (Å²) in [7, 11) is 0. The van der Waals surface area contributed by atoms with Gasteiger partial charge in [0.15, 0.2) is 0 Å². The molecule has 0 amide bonds. The van der Waals surface area contributed by atoms with E-state index in [9.17, 15) is 9.59 Å². The Morgan fingerprint density at radius 3 is 2.62 bits per heavy atom. The zero-order chi connectivity index (χ0) is 20.6. The molecule has 146 valence electrons. The van der Waals surface area contributed by atoms with Crippen LogP contribution in [0.5, 0.6) is 5.75 Å². The lowest BCUT2D eigenvalue weighted by Gasteiger charge is -2.11. The molecule has 3 aromatic rings. The van der Waals surface area contributed by atoms with Gasteiger partial charge in [-0.15, -0.1) is 0 Å². The quantitative estimate of drug-likeness (QED) is 0.331. The van der Waals surface area contributed by atoms with Crippen LogP contribution >= 0.6 is 0 Å². The van der Waals surface area contributed by atoms with Crippen molar-refractivity contribution < 1.29 is 19.1 Å². The van der Waals surface area contributed by atoms with Crippen LogP contribution in [-0.2, 0) is 16.1 Å². The van der Waals surface area contributed by atoms with Gasteiger partial charge >= 0.3 is 5.97 Å². The number of hydrogen-bond donors (Lipinski definition) is 0. The summed E-state index contributed by atoms with van der Waals surface area (Å²) in [5, 5.41) is 0. The normalized spacial score (nSPS) is 10.1. The molecule has 1 heterocycles. The Kier molecular flexibility index (Phi) is 6.51. The monoisotopic (exact) mass is 388 g/mol. The lowest BCUT2D eigenvalue weighted by Crippen LogP contribution is -2.08. The molecule has 0 atom stereocenters. The molecular weight excluding hydrogens is 368 g/mol. The minimum atomic E-state index is -0.499. The number of ether oxygens (including phenoxy) is 2. The summed E-state index contributed by atoms with van der Waals surface area (Å²) in [5.41, 5.74) is 3.53. The van der Waals surface area contributed by atoms with Gasteiger partial charge in [0.05, 0.1) is 18.0 Å². The first-order valence-corrected chi connectivity index (χ1v) is 9.15. The topological polar surface area (TPSA) is 77.9 Å². The molecule has 0 bridgehead atoms. The summed E-state index contributed by atoms with van der Waals surface area (Å²) in [5.74, 6) is 0.0607. The molecule has 0 unspecified atom stereocenters. The van der Waals surface area contributed by atoms with E-state index in [-0.39, 0.29) is 12.3 Å². The molecule has 0 fully saturated rings. The molecule has 2 aromatic carbocycles. The second-order valence-corrected chi connectivity index (χ2v) is 6.29. The summed E-state index contributed by atoms with van der Waals surface area (Å²) in [6, 6.07) is 18.4. The average Bonchev–Trinajstić information content (AvgIpc) is 2.73. The fraction of sp³-hybridized carbons (Fsp3) is 0.174. The molecule has 6 heteroatoms. The smallest absolute Gasteiger partial charge is 0.356 e. The highest BCUT2D eigenvalue weighted by Gasteiger charge is 2.14. The first-order valence-electron chi connectivity index (χ1n) is 9.15. The number of pyridine rings is 1. The highest BCUT2D eigenvalue weighted by atomic mass is 16.5. The molecule has 0 saturated heterocycles. The number of carbonyl (C=O) groups excluding carboxylic acids is 2. The predicted octanol–water partition coefficient (Wildman–Crippen LogP) is 4.78. The van der Waals surface area contributed by atoms with Crippen LogP contribution < -0.4 is 4.74 Å². The summed E-state index contributed by atoms with van der Waals surface area (Å²) < 4.78 is 10.8. The lowest BCUT2D eigenvalue weighted by atomic mass is 10.1. The van der Waals surface area contributed by atoms with Crippen LogP contribution in [0.4, 0.5) is 5.69 Å². The molecule has 0 aliphatic rings. The van der Waals surface area contributed by atoms with Crippen molar-refractivity contribution >= 4 is 17.7 Å². The predicted molar refractivity (Wildman–Crippen MR) is 109 cm³/mol. The number of nitrogens with zero attached hydrogens (tertiary/aromatic N) is 2. The molecule has 6 nitrogen and oxygen atoms in total. The number of aryl methyl sites for hydroxylation is 1. The van der Waals surface area contributed by atoms with Gasteiger partial charge in [-0.25, -0.2) is 14.6 Å². The molecule has 0 spiro atoms. The maximum atomic E-state index is 12.1. The number of carbonyl (C=O) groups is 1. The van der Waals surface area contributed by atoms with Gasteiger partial charge in [0, 0.05) is 11.6 Å². The Labute approximate surface area is 168 Å². The third-order valence-electron chi connectivity index (χ3n) is 4.11. The molecular formula is C23H20N2O4. The Morgan fingerprint density at radius 1 is 1.10 bits per heavy atom. The summed E-state index contributed by atoms with van der Waals surface area (Å²) in [6.07, 6.45) is 1.57. The van der Waals surface area contributed by atoms with E-state index >= 15 is 0 Å². The van der Waals surface area contributed by atoms with Gasteiger partial charge in [-0.1, -0.05) is 30.3 Å². The van der Waals surface area contributed by atoms with Gasteiger partial charge in [-0.05, 0) is 49.2 Å². The minimum Gasteiger partial charge on any atom is -0.489 e. The van der Waals surface area contributed by atoms with E-state index in [1.54, 1.807) is 37.3 Å². The van der Waals surface area contributed by atoms with Crippen LogP contribution in [0.25, 0.3) is 11.3 Å². The molecule has 0 saturated carbocycles. The second-order valence-electron chi connectivity index (χ2n) is 6.29. The van der Waals surface area contributed by atoms with Gasteiger partial charge < -0.3 is 9.47 Å². The fourth-order valence-corrected chi connectivity index (χ4v) is 2.82. The van der Waals surface area contributed by atoms with Crippen molar-refractivity contribution in [1.82, 2.24) is 4.98 Å². The third kappa shape index (κ3) is 5.15. The molecule has 29 heavy (non-hydrogen) atoms. The number of isocyanates is 1. The number of aliphatic imine (C=N–C) groups is 1. The van der Waals surface area contributed by atoms with Gasteiger partial charge in [0.25, 0.3) is 0 Å². The summed E-state index contributed by atoms with van der Waals surface area (Å²) in [6.45, 7) is 4.24. The standard InChI is InChI=1S/C23H20N2O4/c1-3-28-23(27)22-12-16(2)11-21(25-22)19-10-9-18(13-20(19)24-15-26)29-14-17-7-5-4-6-8-17/h4-13H,3,14H2,1-2H3. The number of esters is 1. The molecule has 3 rings (SSSR count). The van der Waals surface area contributed by atoms with Crippen LogP contribution in [0.2, 0.25) is 0 Å². The van der Waals surface area contributed by atoms with Crippen LogP contribution in [0.15, 0.2) is 65.7 Å². The highest BCUT2D eigenvalue weighted by Crippen LogP contribution is 2.33. The van der Waals surface area contributed by atoms with Gasteiger partial charge in [-0.3, -0.25) is 0 Å². The van der Waals surface area contributed by atoms with E-state index in [2.05, 4.69) is 9.98 Å². The Morgan fingerprint density at radius 2 is 1.90 bits per heavy atom. The molecule has 0 N–H and O–H groups in total. The van der Waals surface area contributed by atoms with Gasteiger partial charge in [0.2, 0.25) is 6.08 Å². The number of benzene rings is 2. The maximum Gasteiger partial charge on any atom is 0.356 e. The number of aromatic nitrogens is 1. The largest absolute Gasteiger partial charge is 0.489 e. The van der Waals surface area contributed by atoms with E-state index in [1.807, 2.05) is 43.3 Å². The first kappa shape index (κ1) is 20.0. The van der Waals surface area contributed by atoms with Crippen molar-refractivity contribution in [1.29, 1.82) is 0 Å². The Balaban J connectivity index is 1.93. The minimum absolute atomic E-state index is 0.201. The molecule has 1 aromatic heterocycles. The van der Waals surface area contributed by atoms with Crippen LogP contribution in [0, 0.1) is 6.92 Å². The van der Waals surface area contributed by atoms with Crippen molar-refractivity contribution in [2.75, 3.05) is 6.61 Å². The zero-order valence-corrected chi connectivity index (χ0v) is 16.2. The van der Waals surface area contributed by atoms with E-state index in [4.69, 9.17) is 9.47 Å². The number of rotatable bonds is 7. The van der Waals surface area contributed by atoms with Crippen LogP contribution in [0.1, 0.15) is 28.5 Å². The lowest BCUT2D eigenvalue weighted by molar-refractivity contribution is 0.0519. The maximum absolute atomic E-state index is 12.1. The van der Waals surface area contributed by atoms with Gasteiger partial charge in [0.1, 0.15) is 18.1 Å². The summed E-state index contributed by atoms with van der Waals surface area (Å²) >= 11 is 0. The van der Waals surface area contributed by atoms with Crippen LogP contribution in [0.3, 0.4) is 0 Å². The SMILES string of the molecule is CCOC(=O)c1cc(C)cc(-c2ccc(OCc3ccccc3)cc2N=C=O)n1. The fourth-order valence-electron chi connectivity index (χ4n) is 2.82. The van der Waals surface area contributed by atoms with Crippen LogP contribution in [-0.4, -0.2) is 23.6 Å². The number of hydrogen-bond acceptors (Lipinski definition) is 6. The summed E-state index contributed by atoms with van der Waals surface area (Å²) in [4.78, 5) is 31.2. The van der Waals surface area contributed by atoms with Crippen molar-refractivity contribution in [3.05, 3.63) is 77.5 Å². The van der Waals surface area contributed by atoms with Crippen molar-refractivity contribution in [2.24, 2.45) is 4.99 Å². The zero-order valence-electron chi connectivity index (χ0n) is 16.2. The van der Waals surface area contributed by atoms with Crippen molar-refractivity contribution in [3.63, 3.8) is 0 Å². The second kappa shape index (κ2) is 9.44. The van der Waals surface area contributed by atoms with E-state index in [0.717, 1.165) is 11.1 Å². The van der Waals surface area contributed by atoms with Crippen molar-refractivity contribution in [2.45, 2.75) is 20.5 Å². The van der Waals surface area contributed by atoms with E-state index in [0.29, 0.717) is 29.3 Å². The van der Waals surface area contributed by atoms with Crippen molar-refractivity contribution in [3.8, 4) is 17.0 Å². The van der Waals surface area contributed by atoms with E-state index in [1.165, 1.54) is 0 Å². The molecule has 0 aliphatic heterocycles. The Hall–Kier alpha value is -3.76. The Bertz CT molecular complexity index is 1060. The average molecular weight is 388 g/mol. The highest BCUT2D eigenvalue weighted by molar-refractivity contribution is 5.89. The van der Waals surface area contributed by atoms with Gasteiger partial charge in [-0.2, -0.15) is 4.99 Å². The molecule has 0 radical (unpaired) electrons.